The van der Waals surface area contributed by atoms with Crippen LogP contribution in [0.2, 0.25) is 0 Å². The second-order valence-corrected chi connectivity index (χ2v) is 7.46. The van der Waals surface area contributed by atoms with Crippen LogP contribution < -0.4 is 14.8 Å². The zero-order valence-corrected chi connectivity index (χ0v) is 16.6. The number of hydrogen-bond donors (Lipinski definition) is 1. The lowest BCUT2D eigenvalue weighted by Gasteiger charge is -2.07. The van der Waals surface area contributed by atoms with Crippen LogP contribution >= 0.6 is 11.3 Å². The van der Waals surface area contributed by atoms with Gasteiger partial charge in [-0.3, -0.25) is 10.1 Å². The SMILES string of the molecule is COc1ccc(-c2nc(NC(=O)COc3cccc(C)c3)sc2C)cc1C. The van der Waals surface area contributed by atoms with E-state index in [9.17, 15) is 4.79 Å². The van der Waals surface area contributed by atoms with Gasteiger partial charge in [0, 0.05) is 10.4 Å². The van der Waals surface area contributed by atoms with E-state index in [0.717, 1.165) is 33.0 Å². The summed E-state index contributed by atoms with van der Waals surface area (Å²) in [6.45, 7) is 5.91. The van der Waals surface area contributed by atoms with Crippen LogP contribution in [-0.4, -0.2) is 24.6 Å². The third-order valence-electron chi connectivity index (χ3n) is 4.07. The van der Waals surface area contributed by atoms with Crippen molar-refractivity contribution in [3.05, 3.63) is 58.5 Å². The highest BCUT2D eigenvalue weighted by Gasteiger charge is 2.13. The Balaban J connectivity index is 1.67. The molecular weight excluding hydrogens is 360 g/mol. The molecule has 0 atom stereocenters. The molecule has 0 aliphatic rings. The maximum atomic E-state index is 12.2. The minimum Gasteiger partial charge on any atom is -0.496 e. The number of nitrogens with zero attached hydrogens (tertiary/aromatic N) is 1. The molecule has 0 saturated heterocycles. The van der Waals surface area contributed by atoms with Crippen molar-refractivity contribution in [3.8, 4) is 22.8 Å². The predicted molar refractivity (Wildman–Crippen MR) is 109 cm³/mol. The van der Waals surface area contributed by atoms with Crippen molar-refractivity contribution in [2.45, 2.75) is 20.8 Å². The number of benzene rings is 2. The standard InChI is InChI=1S/C21H22N2O3S/c1-13-6-5-7-17(10-13)26-12-19(24)22-21-23-20(15(3)27-21)16-8-9-18(25-4)14(2)11-16/h5-11H,12H2,1-4H3,(H,22,23,24). The number of hydrogen-bond acceptors (Lipinski definition) is 5. The Hall–Kier alpha value is -2.86. The first-order valence-electron chi connectivity index (χ1n) is 8.58. The van der Waals surface area contributed by atoms with E-state index in [2.05, 4.69) is 10.3 Å². The molecule has 0 radical (unpaired) electrons. The molecule has 0 aliphatic carbocycles. The number of thiazole rings is 1. The van der Waals surface area contributed by atoms with Crippen LogP contribution in [0.25, 0.3) is 11.3 Å². The Bertz CT molecular complexity index is 966. The Labute approximate surface area is 163 Å². The van der Waals surface area contributed by atoms with Crippen LogP contribution in [0.1, 0.15) is 16.0 Å². The number of nitrogens with one attached hydrogen (secondary N) is 1. The molecule has 5 nitrogen and oxygen atoms in total. The molecule has 1 heterocycles. The van der Waals surface area contributed by atoms with E-state index in [1.165, 1.54) is 11.3 Å². The first-order chi connectivity index (χ1) is 13.0. The van der Waals surface area contributed by atoms with E-state index in [0.29, 0.717) is 10.9 Å². The van der Waals surface area contributed by atoms with E-state index in [1.807, 2.05) is 63.2 Å². The molecule has 0 fully saturated rings. The fraction of sp³-hybridized carbons (Fsp3) is 0.238. The number of ether oxygens (including phenoxy) is 2. The second kappa shape index (κ2) is 8.22. The van der Waals surface area contributed by atoms with Gasteiger partial charge >= 0.3 is 0 Å². The Morgan fingerprint density at radius 2 is 1.96 bits per heavy atom. The van der Waals surface area contributed by atoms with Gasteiger partial charge in [0.15, 0.2) is 11.7 Å². The summed E-state index contributed by atoms with van der Waals surface area (Å²) in [6, 6.07) is 13.5. The summed E-state index contributed by atoms with van der Waals surface area (Å²) >= 11 is 1.45. The van der Waals surface area contributed by atoms with Gasteiger partial charge < -0.3 is 9.47 Å². The summed E-state index contributed by atoms with van der Waals surface area (Å²) in [4.78, 5) is 17.8. The molecular formula is C21H22N2O3S. The molecule has 0 aliphatic heterocycles. The zero-order chi connectivity index (χ0) is 19.4. The Morgan fingerprint density at radius 1 is 1.15 bits per heavy atom. The summed E-state index contributed by atoms with van der Waals surface area (Å²) in [5.74, 6) is 1.28. The topological polar surface area (TPSA) is 60.5 Å². The molecule has 0 bridgehead atoms. The number of amides is 1. The molecule has 27 heavy (non-hydrogen) atoms. The first kappa shape index (κ1) is 18.9. The summed E-state index contributed by atoms with van der Waals surface area (Å²) in [6.07, 6.45) is 0. The van der Waals surface area contributed by atoms with Crippen LogP contribution in [0.3, 0.4) is 0 Å². The van der Waals surface area contributed by atoms with Gasteiger partial charge in [0.1, 0.15) is 11.5 Å². The molecule has 1 N–H and O–H groups in total. The van der Waals surface area contributed by atoms with Gasteiger partial charge in [-0.15, -0.1) is 11.3 Å². The van der Waals surface area contributed by atoms with Crippen LogP contribution in [-0.2, 0) is 4.79 Å². The van der Waals surface area contributed by atoms with Crippen molar-refractivity contribution in [1.29, 1.82) is 0 Å². The zero-order valence-electron chi connectivity index (χ0n) is 15.8. The third-order valence-corrected chi connectivity index (χ3v) is 4.96. The quantitative estimate of drug-likeness (QED) is 0.668. The van der Waals surface area contributed by atoms with Gasteiger partial charge in [0.2, 0.25) is 0 Å². The number of aryl methyl sites for hydroxylation is 3. The highest BCUT2D eigenvalue weighted by Crippen LogP contribution is 2.32. The molecule has 6 heteroatoms. The lowest BCUT2D eigenvalue weighted by atomic mass is 10.1. The molecule has 3 rings (SSSR count). The van der Waals surface area contributed by atoms with Crippen molar-refractivity contribution in [2.24, 2.45) is 0 Å². The fourth-order valence-electron chi connectivity index (χ4n) is 2.75. The number of carbonyl (C=O) groups excluding carboxylic acids is 1. The average molecular weight is 382 g/mol. The Morgan fingerprint density at radius 3 is 2.67 bits per heavy atom. The maximum absolute atomic E-state index is 12.2. The fourth-order valence-corrected chi connectivity index (χ4v) is 3.60. The lowest BCUT2D eigenvalue weighted by molar-refractivity contribution is -0.118. The molecule has 0 saturated carbocycles. The van der Waals surface area contributed by atoms with Gasteiger partial charge in [-0.05, 0) is 62.2 Å². The van der Waals surface area contributed by atoms with Crippen molar-refractivity contribution in [2.75, 3.05) is 19.0 Å². The molecule has 0 unspecified atom stereocenters. The summed E-state index contributed by atoms with van der Waals surface area (Å²) < 4.78 is 10.8. The molecule has 2 aromatic carbocycles. The summed E-state index contributed by atoms with van der Waals surface area (Å²) in [7, 11) is 1.66. The average Bonchev–Trinajstić information content (AvgIpc) is 3.00. The highest BCUT2D eigenvalue weighted by atomic mass is 32.1. The number of methoxy groups -OCH3 is 1. The molecule has 0 spiro atoms. The highest BCUT2D eigenvalue weighted by molar-refractivity contribution is 7.16. The molecule has 1 aromatic heterocycles. The number of anilines is 1. The van der Waals surface area contributed by atoms with Crippen LogP contribution in [0.5, 0.6) is 11.5 Å². The number of aromatic nitrogens is 1. The minimum absolute atomic E-state index is 0.0565. The van der Waals surface area contributed by atoms with E-state index in [-0.39, 0.29) is 12.5 Å². The van der Waals surface area contributed by atoms with Crippen molar-refractivity contribution >= 4 is 22.4 Å². The van der Waals surface area contributed by atoms with Gasteiger partial charge in [-0.25, -0.2) is 4.98 Å². The molecule has 3 aromatic rings. The van der Waals surface area contributed by atoms with Crippen LogP contribution in [0.15, 0.2) is 42.5 Å². The van der Waals surface area contributed by atoms with Crippen molar-refractivity contribution in [3.63, 3.8) is 0 Å². The second-order valence-electron chi connectivity index (χ2n) is 6.26. The normalized spacial score (nSPS) is 10.5. The largest absolute Gasteiger partial charge is 0.496 e. The maximum Gasteiger partial charge on any atom is 0.264 e. The van der Waals surface area contributed by atoms with E-state index < -0.39 is 0 Å². The van der Waals surface area contributed by atoms with Crippen molar-refractivity contribution in [1.82, 2.24) is 4.98 Å². The van der Waals surface area contributed by atoms with E-state index in [1.54, 1.807) is 7.11 Å². The Kier molecular flexibility index (Phi) is 5.76. The van der Waals surface area contributed by atoms with Crippen LogP contribution in [0.4, 0.5) is 5.13 Å². The van der Waals surface area contributed by atoms with Crippen molar-refractivity contribution < 1.29 is 14.3 Å². The summed E-state index contributed by atoms with van der Waals surface area (Å²) in [5, 5.41) is 3.38. The van der Waals surface area contributed by atoms with E-state index >= 15 is 0 Å². The minimum atomic E-state index is -0.234. The first-order valence-corrected chi connectivity index (χ1v) is 9.39. The van der Waals surface area contributed by atoms with E-state index in [4.69, 9.17) is 9.47 Å². The van der Waals surface area contributed by atoms with Crippen LogP contribution in [0, 0.1) is 20.8 Å². The monoisotopic (exact) mass is 382 g/mol. The van der Waals surface area contributed by atoms with Gasteiger partial charge in [-0.2, -0.15) is 0 Å². The van der Waals surface area contributed by atoms with Gasteiger partial charge in [0.25, 0.3) is 5.91 Å². The van der Waals surface area contributed by atoms with Gasteiger partial charge in [0.05, 0.1) is 12.8 Å². The summed E-state index contributed by atoms with van der Waals surface area (Å²) in [5.41, 5.74) is 3.99. The predicted octanol–water partition coefficient (Wildman–Crippen LogP) is 4.76. The smallest absolute Gasteiger partial charge is 0.264 e. The number of carbonyl (C=O) groups is 1. The molecule has 140 valence electrons. The molecule has 1 amide bonds. The lowest BCUT2D eigenvalue weighted by Crippen LogP contribution is -2.20. The van der Waals surface area contributed by atoms with Gasteiger partial charge in [-0.1, -0.05) is 12.1 Å². The third kappa shape index (κ3) is 4.65. The number of rotatable bonds is 6.